The lowest BCUT2D eigenvalue weighted by molar-refractivity contribution is -0.136. The summed E-state index contributed by atoms with van der Waals surface area (Å²) in [6.45, 7) is 1.77. The quantitative estimate of drug-likeness (QED) is 0.260. The lowest BCUT2D eigenvalue weighted by atomic mass is 9.96. The summed E-state index contributed by atoms with van der Waals surface area (Å²) in [5.41, 5.74) is 3.91. The number of carboxylic acids is 1. The van der Waals surface area contributed by atoms with Gasteiger partial charge in [-0.2, -0.15) is 0 Å². The summed E-state index contributed by atoms with van der Waals surface area (Å²) in [6.07, 6.45) is 2.42. The predicted molar refractivity (Wildman–Crippen MR) is 151 cm³/mol. The zero-order valence-corrected chi connectivity index (χ0v) is 23.4. The van der Waals surface area contributed by atoms with Gasteiger partial charge in [-0.05, 0) is 85.9 Å². The molecule has 0 atom stereocenters. The first-order valence-corrected chi connectivity index (χ1v) is 14.4. The van der Waals surface area contributed by atoms with Gasteiger partial charge in [0.1, 0.15) is 5.75 Å². The highest BCUT2D eigenvalue weighted by Gasteiger charge is 2.14. The second-order valence-corrected chi connectivity index (χ2v) is 11.6. The van der Waals surface area contributed by atoms with Crippen LogP contribution in [0.25, 0.3) is 0 Å². The number of nitrogens with one attached hydrogen (secondary N) is 1. The SMILES string of the molecule is CN(C)CCCOc1ccccc1Cc1cc(CCNS(=O)(=O)c2ccc(Cl)cc2)cc(CCC(=O)O)c1. The number of hydrogen-bond donors (Lipinski definition) is 2. The third kappa shape index (κ3) is 9.76. The highest BCUT2D eigenvalue weighted by atomic mass is 35.5. The van der Waals surface area contributed by atoms with E-state index in [1.165, 1.54) is 24.3 Å². The number of hydrogen-bond acceptors (Lipinski definition) is 5. The fourth-order valence-electron chi connectivity index (χ4n) is 4.08. The van der Waals surface area contributed by atoms with Gasteiger partial charge < -0.3 is 14.7 Å². The van der Waals surface area contributed by atoms with E-state index in [0.717, 1.165) is 41.0 Å². The standard InChI is InChI=1S/C29H35ClN2O5S/c1-32(2)16-5-17-37-28-7-4-3-6-25(28)21-24-19-22(8-13-29(33)34)18-23(20-24)14-15-31-38(35,36)27-11-9-26(30)10-12-27/h3-4,6-7,9-12,18-20,31H,5,8,13-17,21H2,1-2H3,(H,33,34). The third-order valence-corrected chi connectivity index (χ3v) is 7.67. The van der Waals surface area contributed by atoms with Gasteiger partial charge in [0.05, 0.1) is 11.5 Å². The molecule has 3 aromatic carbocycles. The van der Waals surface area contributed by atoms with Crippen LogP contribution in [-0.4, -0.2) is 58.2 Å². The Kier molecular flexibility index (Phi) is 11.2. The molecule has 0 amide bonds. The topological polar surface area (TPSA) is 95.9 Å². The lowest BCUT2D eigenvalue weighted by Crippen LogP contribution is -2.26. The lowest BCUT2D eigenvalue weighted by Gasteiger charge is -2.15. The summed E-state index contributed by atoms with van der Waals surface area (Å²) in [7, 11) is 0.401. The first-order chi connectivity index (χ1) is 18.1. The number of sulfonamides is 1. The van der Waals surface area contributed by atoms with Gasteiger partial charge in [-0.25, -0.2) is 13.1 Å². The summed E-state index contributed by atoms with van der Waals surface area (Å²) in [6, 6.07) is 20.0. The van der Waals surface area contributed by atoms with Crippen LogP contribution in [0.1, 0.15) is 35.1 Å². The van der Waals surface area contributed by atoms with Crippen LogP contribution in [0.5, 0.6) is 5.75 Å². The maximum atomic E-state index is 12.6. The van der Waals surface area contributed by atoms with Crippen LogP contribution in [0.2, 0.25) is 5.02 Å². The number of ether oxygens (including phenoxy) is 1. The minimum atomic E-state index is -3.67. The second kappa shape index (κ2) is 14.3. The molecule has 3 rings (SSSR count). The maximum absolute atomic E-state index is 12.6. The fraction of sp³-hybridized carbons (Fsp3) is 0.345. The minimum absolute atomic E-state index is 0.0255. The maximum Gasteiger partial charge on any atom is 0.303 e. The van der Waals surface area contributed by atoms with Gasteiger partial charge in [-0.3, -0.25) is 4.79 Å². The van der Waals surface area contributed by atoms with Crippen LogP contribution in [0.4, 0.5) is 0 Å². The minimum Gasteiger partial charge on any atom is -0.493 e. The molecule has 7 nitrogen and oxygen atoms in total. The average molecular weight is 559 g/mol. The number of rotatable bonds is 15. The van der Waals surface area contributed by atoms with E-state index < -0.39 is 16.0 Å². The van der Waals surface area contributed by atoms with E-state index in [1.54, 1.807) is 0 Å². The van der Waals surface area contributed by atoms with Crippen molar-refractivity contribution in [2.45, 2.75) is 37.0 Å². The molecule has 0 aromatic heterocycles. The third-order valence-electron chi connectivity index (χ3n) is 5.94. The smallest absolute Gasteiger partial charge is 0.303 e. The molecule has 2 N–H and O–H groups in total. The van der Waals surface area contributed by atoms with Crippen molar-refractivity contribution >= 4 is 27.6 Å². The molecule has 0 spiro atoms. The van der Waals surface area contributed by atoms with Crippen molar-refractivity contribution < 1.29 is 23.1 Å². The summed E-state index contributed by atoms with van der Waals surface area (Å²) in [5.74, 6) is -0.0244. The highest BCUT2D eigenvalue weighted by Crippen LogP contribution is 2.24. The molecule has 0 heterocycles. The van der Waals surface area contributed by atoms with Crippen molar-refractivity contribution in [3.8, 4) is 5.75 Å². The molecule has 3 aromatic rings. The number of carbonyl (C=O) groups is 1. The van der Waals surface area contributed by atoms with Crippen molar-refractivity contribution in [2.24, 2.45) is 0 Å². The zero-order chi connectivity index (χ0) is 27.5. The molecular formula is C29H35ClN2O5S. The van der Waals surface area contributed by atoms with Crippen molar-refractivity contribution in [3.63, 3.8) is 0 Å². The molecule has 0 saturated heterocycles. The molecule has 0 aliphatic heterocycles. The molecule has 9 heteroatoms. The predicted octanol–water partition coefficient (Wildman–Crippen LogP) is 4.80. The Hall–Kier alpha value is -2.91. The molecule has 0 aliphatic carbocycles. The Morgan fingerprint density at radius 3 is 2.32 bits per heavy atom. The normalized spacial score (nSPS) is 11.6. The summed E-state index contributed by atoms with van der Waals surface area (Å²) in [5, 5.41) is 9.64. The molecule has 0 aliphatic rings. The van der Waals surface area contributed by atoms with E-state index in [2.05, 4.69) is 9.62 Å². The Labute approximate surface area is 230 Å². The van der Waals surface area contributed by atoms with E-state index in [-0.39, 0.29) is 17.9 Å². The van der Waals surface area contributed by atoms with Crippen molar-refractivity contribution in [2.75, 3.05) is 33.8 Å². The number of aryl methyl sites for hydroxylation is 1. The van der Waals surface area contributed by atoms with E-state index in [9.17, 15) is 18.3 Å². The molecule has 204 valence electrons. The van der Waals surface area contributed by atoms with Crippen LogP contribution in [0.3, 0.4) is 0 Å². The van der Waals surface area contributed by atoms with E-state index in [4.69, 9.17) is 16.3 Å². The monoisotopic (exact) mass is 558 g/mol. The van der Waals surface area contributed by atoms with Gasteiger partial charge in [0.2, 0.25) is 10.0 Å². The van der Waals surface area contributed by atoms with Crippen LogP contribution >= 0.6 is 11.6 Å². The average Bonchev–Trinajstić information content (AvgIpc) is 2.86. The zero-order valence-electron chi connectivity index (χ0n) is 21.8. The van der Waals surface area contributed by atoms with Gasteiger partial charge in [-0.15, -0.1) is 0 Å². The van der Waals surface area contributed by atoms with Gasteiger partial charge in [-0.1, -0.05) is 48.0 Å². The summed E-state index contributed by atoms with van der Waals surface area (Å²) < 4.78 is 34.0. The molecule has 0 unspecified atom stereocenters. The van der Waals surface area contributed by atoms with E-state index in [0.29, 0.717) is 30.9 Å². The van der Waals surface area contributed by atoms with Crippen LogP contribution < -0.4 is 9.46 Å². The van der Waals surface area contributed by atoms with Gasteiger partial charge in [0, 0.05) is 31.0 Å². The Morgan fingerprint density at radius 2 is 1.63 bits per heavy atom. The molecule has 38 heavy (non-hydrogen) atoms. The van der Waals surface area contributed by atoms with E-state index in [1.807, 2.05) is 56.6 Å². The second-order valence-electron chi connectivity index (χ2n) is 9.44. The van der Waals surface area contributed by atoms with Crippen molar-refractivity contribution in [1.82, 2.24) is 9.62 Å². The van der Waals surface area contributed by atoms with Gasteiger partial charge in [0.15, 0.2) is 0 Å². The number of aliphatic carboxylic acids is 1. The fourth-order valence-corrected chi connectivity index (χ4v) is 5.24. The molecule has 0 radical (unpaired) electrons. The van der Waals surface area contributed by atoms with Crippen molar-refractivity contribution in [3.05, 3.63) is 94.0 Å². The number of halogens is 1. The van der Waals surface area contributed by atoms with Crippen LogP contribution in [0.15, 0.2) is 71.6 Å². The molecule has 0 bridgehead atoms. The highest BCUT2D eigenvalue weighted by molar-refractivity contribution is 7.89. The summed E-state index contributed by atoms with van der Waals surface area (Å²) >= 11 is 5.87. The summed E-state index contributed by atoms with van der Waals surface area (Å²) in [4.78, 5) is 13.5. The van der Waals surface area contributed by atoms with Crippen LogP contribution in [0, 0.1) is 0 Å². The number of nitrogens with zero attached hydrogens (tertiary/aromatic N) is 1. The Morgan fingerprint density at radius 1 is 0.974 bits per heavy atom. The Balaban J connectivity index is 1.73. The first-order valence-electron chi connectivity index (χ1n) is 12.6. The molecule has 0 fully saturated rings. The first kappa shape index (κ1) is 29.6. The van der Waals surface area contributed by atoms with Gasteiger partial charge in [0.25, 0.3) is 0 Å². The van der Waals surface area contributed by atoms with Crippen LogP contribution in [-0.2, 0) is 34.1 Å². The van der Waals surface area contributed by atoms with Crippen molar-refractivity contribution in [1.29, 1.82) is 0 Å². The van der Waals surface area contributed by atoms with Gasteiger partial charge >= 0.3 is 5.97 Å². The number of benzene rings is 3. The Bertz CT molecular complexity index is 1310. The van der Waals surface area contributed by atoms with E-state index >= 15 is 0 Å². The number of para-hydroxylation sites is 1. The molecule has 0 saturated carbocycles. The number of carboxylic acid groups (broad SMARTS) is 1. The largest absolute Gasteiger partial charge is 0.493 e. The molecular weight excluding hydrogens is 524 g/mol.